The van der Waals surface area contributed by atoms with E-state index in [1.807, 2.05) is 24.3 Å². The van der Waals surface area contributed by atoms with Gasteiger partial charge in [0.1, 0.15) is 5.75 Å². The molecule has 184 valence electrons. The zero-order valence-electron chi connectivity index (χ0n) is 19.9. The molecule has 0 aliphatic heterocycles. The van der Waals surface area contributed by atoms with Crippen LogP contribution in [0.4, 0.5) is 5.69 Å². The van der Waals surface area contributed by atoms with Gasteiger partial charge >= 0.3 is 0 Å². The average molecular weight is 546 g/mol. The number of H-pyrrole nitrogens is 1. The molecule has 7 heteroatoms. The van der Waals surface area contributed by atoms with Gasteiger partial charge < -0.3 is 20.8 Å². The number of rotatable bonds is 8. The van der Waals surface area contributed by atoms with Gasteiger partial charge in [-0.25, -0.2) is 0 Å². The average Bonchev–Trinajstić information content (AvgIpc) is 3.27. The third kappa shape index (κ3) is 5.16. The Bertz CT molecular complexity index is 1440. The number of halogens is 1. The van der Waals surface area contributed by atoms with E-state index in [0.717, 1.165) is 34.1 Å². The molecule has 0 saturated carbocycles. The number of carbonyl (C=O) groups excluding carboxylic acids is 2. The minimum Gasteiger partial charge on any atom is -0.493 e. The van der Waals surface area contributed by atoms with Crippen molar-refractivity contribution in [2.45, 2.75) is 32.1 Å². The summed E-state index contributed by atoms with van der Waals surface area (Å²) in [5.41, 5.74) is 12.1. The van der Waals surface area contributed by atoms with Gasteiger partial charge in [-0.1, -0.05) is 24.3 Å². The van der Waals surface area contributed by atoms with Crippen LogP contribution < -0.4 is 15.8 Å². The number of amides is 1. The summed E-state index contributed by atoms with van der Waals surface area (Å²) in [6, 6.07) is 18.6. The lowest BCUT2D eigenvalue weighted by molar-refractivity contribution is 0.0903. The Morgan fingerprint density at radius 1 is 1.03 bits per heavy atom. The van der Waals surface area contributed by atoms with Crippen molar-refractivity contribution in [1.29, 1.82) is 0 Å². The Morgan fingerprint density at radius 3 is 2.72 bits per heavy atom. The SMILES string of the molecule is Nc1cc(C(=O)CNC(=O)c2ccccc2CCOc2ccc3c4c([nH]c3c2)CCCC4)ccc1Br. The number of benzene rings is 3. The van der Waals surface area contributed by atoms with Crippen molar-refractivity contribution in [1.82, 2.24) is 10.3 Å². The molecule has 0 spiro atoms. The molecule has 0 atom stereocenters. The predicted molar refractivity (Wildman–Crippen MR) is 146 cm³/mol. The lowest BCUT2D eigenvalue weighted by Gasteiger charge is -2.12. The normalized spacial score (nSPS) is 12.8. The second kappa shape index (κ2) is 10.6. The highest BCUT2D eigenvalue weighted by molar-refractivity contribution is 9.10. The Labute approximate surface area is 218 Å². The van der Waals surface area contributed by atoms with E-state index in [4.69, 9.17) is 10.5 Å². The Kier molecular flexibility index (Phi) is 7.09. The fourth-order valence-corrected chi connectivity index (χ4v) is 5.04. The van der Waals surface area contributed by atoms with Crippen LogP contribution in [-0.2, 0) is 19.3 Å². The van der Waals surface area contributed by atoms with Gasteiger partial charge in [-0.05, 0) is 83.1 Å². The monoisotopic (exact) mass is 545 g/mol. The van der Waals surface area contributed by atoms with Crippen LogP contribution in [0.2, 0.25) is 0 Å². The van der Waals surface area contributed by atoms with E-state index >= 15 is 0 Å². The van der Waals surface area contributed by atoms with Crippen LogP contribution in [0, 0.1) is 0 Å². The molecule has 0 saturated heterocycles. The maximum atomic E-state index is 12.9. The molecule has 0 bridgehead atoms. The summed E-state index contributed by atoms with van der Waals surface area (Å²) in [6.07, 6.45) is 5.31. The van der Waals surface area contributed by atoms with E-state index in [2.05, 4.69) is 38.4 Å². The Hall–Kier alpha value is -3.58. The van der Waals surface area contributed by atoms with E-state index in [1.54, 1.807) is 24.3 Å². The van der Waals surface area contributed by atoms with Crippen LogP contribution in [0.3, 0.4) is 0 Å². The summed E-state index contributed by atoms with van der Waals surface area (Å²) in [4.78, 5) is 28.9. The van der Waals surface area contributed by atoms with Crippen molar-refractivity contribution < 1.29 is 14.3 Å². The van der Waals surface area contributed by atoms with E-state index < -0.39 is 0 Å². The first-order chi connectivity index (χ1) is 17.5. The minimum absolute atomic E-state index is 0.106. The zero-order valence-corrected chi connectivity index (χ0v) is 21.5. The van der Waals surface area contributed by atoms with Gasteiger partial charge in [-0.3, -0.25) is 9.59 Å². The number of ketones is 1. The second-order valence-electron chi connectivity index (χ2n) is 9.09. The van der Waals surface area contributed by atoms with E-state index in [0.29, 0.717) is 29.8 Å². The van der Waals surface area contributed by atoms with Crippen molar-refractivity contribution in [2.24, 2.45) is 0 Å². The lowest BCUT2D eigenvalue weighted by atomic mass is 9.96. The number of anilines is 1. The third-order valence-corrected chi connectivity index (χ3v) is 7.42. The van der Waals surface area contributed by atoms with Crippen LogP contribution in [0.15, 0.2) is 65.1 Å². The molecular weight excluding hydrogens is 518 g/mol. The number of hydrogen-bond donors (Lipinski definition) is 3. The van der Waals surface area contributed by atoms with Crippen molar-refractivity contribution in [3.63, 3.8) is 0 Å². The number of aromatic amines is 1. The Morgan fingerprint density at radius 2 is 1.86 bits per heavy atom. The van der Waals surface area contributed by atoms with Crippen molar-refractivity contribution in [3.8, 4) is 5.75 Å². The maximum Gasteiger partial charge on any atom is 0.251 e. The lowest BCUT2D eigenvalue weighted by Crippen LogP contribution is -2.30. The number of aryl methyl sites for hydroxylation is 2. The molecule has 4 aromatic rings. The molecule has 1 aliphatic rings. The van der Waals surface area contributed by atoms with Crippen LogP contribution in [0.25, 0.3) is 10.9 Å². The molecule has 3 aromatic carbocycles. The first-order valence-corrected chi connectivity index (χ1v) is 13.0. The summed E-state index contributed by atoms with van der Waals surface area (Å²) in [5, 5.41) is 4.03. The van der Waals surface area contributed by atoms with Gasteiger partial charge in [0.2, 0.25) is 0 Å². The third-order valence-electron chi connectivity index (χ3n) is 6.70. The number of nitrogens with one attached hydrogen (secondary N) is 2. The molecule has 6 nitrogen and oxygen atoms in total. The molecule has 1 aromatic heterocycles. The summed E-state index contributed by atoms with van der Waals surface area (Å²) in [5.74, 6) is 0.314. The fourth-order valence-electron chi connectivity index (χ4n) is 4.80. The standard InChI is InChI=1S/C29H28BrN3O3/c30-24-12-9-19(15-25(24)31)28(34)17-32-29(35)21-6-2-1-5-18(21)13-14-36-20-10-11-23-22-7-3-4-8-26(22)33-27(23)16-20/h1-2,5-6,9-12,15-16,33H,3-4,7-8,13-14,17,31H2,(H,32,35). The summed E-state index contributed by atoms with van der Waals surface area (Å²) < 4.78 is 6.77. The van der Waals surface area contributed by atoms with Crippen LogP contribution >= 0.6 is 15.9 Å². The first-order valence-electron chi connectivity index (χ1n) is 12.2. The van der Waals surface area contributed by atoms with E-state index in [9.17, 15) is 9.59 Å². The zero-order chi connectivity index (χ0) is 25.1. The van der Waals surface area contributed by atoms with Crippen LogP contribution in [0.5, 0.6) is 5.75 Å². The Balaban J connectivity index is 1.20. The number of hydrogen-bond acceptors (Lipinski definition) is 4. The number of fused-ring (bicyclic) bond motifs is 3. The van der Waals surface area contributed by atoms with Gasteiger partial charge in [0, 0.05) is 50.4 Å². The van der Waals surface area contributed by atoms with E-state index in [1.165, 1.54) is 29.5 Å². The molecule has 1 amide bonds. The van der Waals surface area contributed by atoms with Gasteiger partial charge in [-0.15, -0.1) is 0 Å². The molecule has 36 heavy (non-hydrogen) atoms. The van der Waals surface area contributed by atoms with Gasteiger partial charge in [0.05, 0.1) is 13.2 Å². The fraction of sp³-hybridized carbons (Fsp3) is 0.241. The van der Waals surface area contributed by atoms with Crippen molar-refractivity contribution in [2.75, 3.05) is 18.9 Å². The summed E-state index contributed by atoms with van der Waals surface area (Å²) >= 11 is 3.32. The summed E-state index contributed by atoms with van der Waals surface area (Å²) in [7, 11) is 0. The van der Waals surface area contributed by atoms with Crippen molar-refractivity contribution >= 4 is 44.2 Å². The molecule has 0 fully saturated rings. The van der Waals surface area contributed by atoms with Gasteiger partial charge in [0.15, 0.2) is 5.78 Å². The first kappa shape index (κ1) is 24.1. The molecule has 5 rings (SSSR count). The van der Waals surface area contributed by atoms with Gasteiger partial charge in [0.25, 0.3) is 5.91 Å². The number of aromatic nitrogens is 1. The molecule has 0 unspecified atom stereocenters. The maximum absolute atomic E-state index is 12.9. The number of carbonyl (C=O) groups is 2. The predicted octanol–water partition coefficient (Wildman–Crippen LogP) is 5.63. The number of nitrogens with two attached hydrogens (primary N) is 1. The number of nitrogen functional groups attached to an aromatic ring is 1. The highest BCUT2D eigenvalue weighted by Crippen LogP contribution is 2.31. The highest BCUT2D eigenvalue weighted by Gasteiger charge is 2.16. The topological polar surface area (TPSA) is 97.2 Å². The largest absolute Gasteiger partial charge is 0.493 e. The molecule has 1 heterocycles. The van der Waals surface area contributed by atoms with Crippen LogP contribution in [-0.4, -0.2) is 29.8 Å². The molecule has 0 radical (unpaired) electrons. The van der Waals surface area contributed by atoms with Gasteiger partial charge in [-0.2, -0.15) is 0 Å². The molecular formula is C29H28BrN3O3. The number of Topliss-reactive ketones (excluding diaryl/α,β-unsaturated/α-hetero) is 1. The van der Waals surface area contributed by atoms with Crippen LogP contribution in [0.1, 0.15) is 50.4 Å². The van der Waals surface area contributed by atoms with Crippen molar-refractivity contribution in [3.05, 3.63) is 93.1 Å². The highest BCUT2D eigenvalue weighted by atomic mass is 79.9. The smallest absolute Gasteiger partial charge is 0.251 e. The minimum atomic E-state index is -0.289. The number of ether oxygens (including phenoxy) is 1. The molecule has 1 aliphatic carbocycles. The summed E-state index contributed by atoms with van der Waals surface area (Å²) in [6.45, 7) is 0.332. The quantitative estimate of drug-likeness (QED) is 0.197. The van der Waals surface area contributed by atoms with E-state index in [-0.39, 0.29) is 18.2 Å². The molecule has 4 N–H and O–H groups in total. The second-order valence-corrected chi connectivity index (χ2v) is 9.95.